The van der Waals surface area contributed by atoms with Gasteiger partial charge in [-0.15, -0.1) is 0 Å². The van der Waals surface area contributed by atoms with Crippen LogP contribution in [0.3, 0.4) is 0 Å². The van der Waals surface area contributed by atoms with Crippen LogP contribution in [0.1, 0.15) is 129 Å². The second-order valence-electron chi connectivity index (χ2n) is 8.65. The highest BCUT2D eigenvalue weighted by atomic mass is 32.3. The summed E-state index contributed by atoms with van der Waals surface area (Å²) >= 11 is 0. The van der Waals surface area contributed by atoms with Gasteiger partial charge in [0.2, 0.25) is 0 Å². The van der Waals surface area contributed by atoms with Gasteiger partial charge in [-0.1, -0.05) is 117 Å². The summed E-state index contributed by atoms with van der Waals surface area (Å²) in [5, 5.41) is 0. The van der Waals surface area contributed by atoms with Crippen LogP contribution in [0.25, 0.3) is 0 Å². The highest BCUT2D eigenvalue weighted by molar-refractivity contribution is 7.81. The van der Waals surface area contributed by atoms with E-state index in [1.54, 1.807) is 0 Å². The molecule has 0 rings (SSSR count). The lowest BCUT2D eigenvalue weighted by Crippen LogP contribution is -2.35. The SMILES string of the molecule is CCCCCCCCCCCC(OS(=O)(=O)O)C(CCCCCCCCC)OS(=O)(=O)O. The van der Waals surface area contributed by atoms with Gasteiger partial charge in [0.25, 0.3) is 0 Å². The van der Waals surface area contributed by atoms with Gasteiger partial charge in [0, 0.05) is 0 Å². The Hall–Kier alpha value is -0.260. The highest BCUT2D eigenvalue weighted by Gasteiger charge is 2.30. The summed E-state index contributed by atoms with van der Waals surface area (Å²) in [6.45, 7) is 4.32. The van der Waals surface area contributed by atoms with Crippen molar-refractivity contribution in [1.29, 1.82) is 0 Å². The first-order valence-electron chi connectivity index (χ1n) is 12.4. The normalized spacial score (nSPS) is 14.5. The molecule has 0 aliphatic heterocycles. The molecule has 194 valence electrons. The van der Waals surface area contributed by atoms with Crippen molar-refractivity contribution in [2.75, 3.05) is 0 Å². The van der Waals surface area contributed by atoms with E-state index in [1.807, 2.05) is 0 Å². The van der Waals surface area contributed by atoms with Crippen LogP contribution in [0.4, 0.5) is 0 Å². The maximum absolute atomic E-state index is 11.3. The predicted molar refractivity (Wildman–Crippen MR) is 127 cm³/mol. The van der Waals surface area contributed by atoms with Crippen LogP contribution in [0.15, 0.2) is 0 Å². The van der Waals surface area contributed by atoms with Crippen LogP contribution in [0.2, 0.25) is 0 Å². The van der Waals surface area contributed by atoms with Gasteiger partial charge in [0.05, 0.1) is 0 Å². The van der Waals surface area contributed by atoms with Crippen molar-refractivity contribution in [3.8, 4) is 0 Å². The van der Waals surface area contributed by atoms with Gasteiger partial charge in [-0.25, -0.2) is 8.37 Å². The molecule has 10 heteroatoms. The molecule has 0 aromatic rings. The molecule has 32 heavy (non-hydrogen) atoms. The first-order chi connectivity index (χ1) is 15.1. The van der Waals surface area contributed by atoms with E-state index in [0.29, 0.717) is 12.8 Å². The average Bonchev–Trinajstić information content (AvgIpc) is 2.68. The molecule has 0 aromatic heterocycles. The van der Waals surface area contributed by atoms with Gasteiger partial charge < -0.3 is 0 Å². The molecule has 0 saturated carbocycles. The minimum atomic E-state index is -4.79. The standard InChI is InChI=1S/C22H46O8S2/c1-3-5-7-9-11-12-14-16-18-20-22(30-32(26,27)28)21(29-31(23,24)25)19-17-15-13-10-8-6-4-2/h21-22H,3-20H2,1-2H3,(H,23,24,25)(H,26,27,28). The average molecular weight is 503 g/mol. The van der Waals surface area contributed by atoms with Crippen LogP contribution in [0.5, 0.6) is 0 Å². The summed E-state index contributed by atoms with van der Waals surface area (Å²) in [5.74, 6) is 0. The second kappa shape index (κ2) is 19.1. The van der Waals surface area contributed by atoms with E-state index in [9.17, 15) is 16.8 Å². The summed E-state index contributed by atoms with van der Waals surface area (Å²) < 4.78 is 73.1. The Labute approximate surface area is 196 Å². The third kappa shape index (κ3) is 21.6. The molecule has 0 radical (unpaired) electrons. The van der Waals surface area contributed by atoms with Crippen molar-refractivity contribution in [3.05, 3.63) is 0 Å². The van der Waals surface area contributed by atoms with Crippen LogP contribution >= 0.6 is 0 Å². The zero-order valence-corrected chi connectivity index (χ0v) is 21.7. The van der Waals surface area contributed by atoms with Crippen molar-refractivity contribution in [2.24, 2.45) is 0 Å². The zero-order chi connectivity index (χ0) is 24.3. The molecule has 2 atom stereocenters. The van der Waals surface area contributed by atoms with Crippen molar-refractivity contribution < 1.29 is 34.3 Å². The number of unbranched alkanes of at least 4 members (excludes halogenated alkanes) is 14. The minimum absolute atomic E-state index is 0.213. The van der Waals surface area contributed by atoms with Gasteiger partial charge in [0.15, 0.2) is 0 Å². The fourth-order valence-corrected chi connectivity index (χ4v) is 4.93. The Bertz CT molecular complexity index is 634. The monoisotopic (exact) mass is 502 g/mol. The summed E-state index contributed by atoms with van der Waals surface area (Å²) in [4.78, 5) is 0. The van der Waals surface area contributed by atoms with Crippen LogP contribution < -0.4 is 0 Å². The minimum Gasteiger partial charge on any atom is -0.264 e. The smallest absolute Gasteiger partial charge is 0.264 e. The second-order valence-corrected chi connectivity index (χ2v) is 10.7. The quantitative estimate of drug-likeness (QED) is 0.121. The third-order valence-electron chi connectivity index (χ3n) is 5.59. The third-order valence-corrected chi connectivity index (χ3v) is 6.57. The lowest BCUT2D eigenvalue weighted by Gasteiger charge is -2.24. The first kappa shape index (κ1) is 31.7. The van der Waals surface area contributed by atoms with Gasteiger partial charge >= 0.3 is 20.8 Å². The largest absolute Gasteiger partial charge is 0.397 e. The van der Waals surface area contributed by atoms with E-state index in [0.717, 1.165) is 57.8 Å². The van der Waals surface area contributed by atoms with Gasteiger partial charge in [-0.05, 0) is 12.8 Å². The maximum atomic E-state index is 11.3. The molecular formula is C22H46O8S2. The van der Waals surface area contributed by atoms with E-state index in [1.165, 1.54) is 32.1 Å². The topological polar surface area (TPSA) is 127 Å². The molecule has 0 spiro atoms. The van der Waals surface area contributed by atoms with Crippen LogP contribution in [-0.2, 0) is 29.2 Å². The molecule has 2 unspecified atom stereocenters. The lowest BCUT2D eigenvalue weighted by atomic mass is 9.99. The van der Waals surface area contributed by atoms with Gasteiger partial charge in [-0.3, -0.25) is 9.11 Å². The molecule has 0 aromatic carbocycles. The molecule has 0 fully saturated rings. The summed E-state index contributed by atoms with van der Waals surface area (Å²) in [6, 6.07) is 0. The van der Waals surface area contributed by atoms with Crippen molar-refractivity contribution in [3.63, 3.8) is 0 Å². The molecule has 8 nitrogen and oxygen atoms in total. The molecule has 0 amide bonds. The Morgan fingerprint density at radius 2 is 0.750 bits per heavy atom. The fourth-order valence-electron chi connectivity index (χ4n) is 3.86. The molecule has 0 aliphatic carbocycles. The molecule has 0 saturated heterocycles. The van der Waals surface area contributed by atoms with Crippen LogP contribution in [0, 0.1) is 0 Å². The maximum Gasteiger partial charge on any atom is 0.397 e. The van der Waals surface area contributed by atoms with Gasteiger partial charge in [-0.2, -0.15) is 16.8 Å². The van der Waals surface area contributed by atoms with E-state index in [2.05, 4.69) is 13.8 Å². The van der Waals surface area contributed by atoms with E-state index < -0.39 is 33.0 Å². The number of hydrogen-bond acceptors (Lipinski definition) is 6. The van der Waals surface area contributed by atoms with Crippen molar-refractivity contribution in [1.82, 2.24) is 0 Å². The van der Waals surface area contributed by atoms with Gasteiger partial charge in [0.1, 0.15) is 12.2 Å². The Kier molecular flexibility index (Phi) is 18.9. The fraction of sp³-hybridized carbons (Fsp3) is 1.00. The summed E-state index contributed by atoms with van der Waals surface area (Å²) in [5.41, 5.74) is 0. The Morgan fingerprint density at radius 1 is 0.500 bits per heavy atom. The van der Waals surface area contributed by atoms with E-state index in [-0.39, 0.29) is 12.8 Å². The molecule has 2 N–H and O–H groups in total. The Morgan fingerprint density at radius 3 is 1.00 bits per heavy atom. The molecule has 0 heterocycles. The summed E-state index contributed by atoms with van der Waals surface area (Å²) in [6.07, 6.45) is 14.7. The number of rotatable bonds is 23. The van der Waals surface area contributed by atoms with Crippen molar-refractivity contribution >= 4 is 20.8 Å². The lowest BCUT2D eigenvalue weighted by molar-refractivity contribution is 0.0331. The van der Waals surface area contributed by atoms with E-state index in [4.69, 9.17) is 17.5 Å². The number of hydrogen-bond donors (Lipinski definition) is 2. The molecule has 0 bridgehead atoms. The van der Waals surface area contributed by atoms with E-state index >= 15 is 0 Å². The van der Waals surface area contributed by atoms with Crippen molar-refractivity contribution in [2.45, 2.75) is 142 Å². The van der Waals surface area contributed by atoms with Crippen LogP contribution in [-0.4, -0.2) is 38.1 Å². The predicted octanol–water partition coefficient (Wildman–Crippen LogP) is 6.42. The molecule has 0 aliphatic rings. The highest BCUT2D eigenvalue weighted by Crippen LogP contribution is 2.22. The summed E-state index contributed by atoms with van der Waals surface area (Å²) in [7, 11) is -9.57. The molecular weight excluding hydrogens is 456 g/mol. The zero-order valence-electron chi connectivity index (χ0n) is 20.0. The first-order valence-corrected chi connectivity index (χ1v) is 15.1. The Balaban J connectivity index is 4.64.